The predicted molar refractivity (Wildman–Crippen MR) is 110 cm³/mol. The number of aromatic nitrogens is 2. The fourth-order valence-electron chi connectivity index (χ4n) is 3.34. The lowest BCUT2D eigenvalue weighted by molar-refractivity contribution is 0.0951. The number of fused-ring (bicyclic) bond motifs is 1. The van der Waals surface area contributed by atoms with Crippen LogP contribution < -0.4 is 14.8 Å². The number of nitrogens with one attached hydrogen (secondary N) is 1. The summed E-state index contributed by atoms with van der Waals surface area (Å²) in [6, 6.07) is 11.5. The van der Waals surface area contributed by atoms with Crippen molar-refractivity contribution in [1.82, 2.24) is 14.9 Å². The normalized spacial score (nSPS) is 10.7. The van der Waals surface area contributed by atoms with E-state index in [-0.39, 0.29) is 5.91 Å². The molecule has 0 saturated heterocycles. The molecule has 1 N–H and O–H groups in total. The molecule has 146 valence electrons. The number of carbonyl (C=O) groups excluding carboxylic acids is 1. The Morgan fingerprint density at radius 1 is 1.25 bits per heavy atom. The second kappa shape index (κ2) is 8.61. The van der Waals surface area contributed by atoms with Gasteiger partial charge in [0.2, 0.25) is 0 Å². The zero-order chi connectivity index (χ0) is 20.1. The lowest BCUT2D eigenvalue weighted by atomic mass is 10.0. The molecule has 0 spiro atoms. The van der Waals surface area contributed by atoms with Crippen LogP contribution in [0.2, 0.25) is 0 Å². The number of para-hydroxylation sites is 2. The van der Waals surface area contributed by atoms with E-state index in [1.54, 1.807) is 26.4 Å². The van der Waals surface area contributed by atoms with Crippen LogP contribution in [0.25, 0.3) is 11.0 Å². The standard InChI is InChI=1S/C22H25N3O3/c1-5-8-16-13-17(14-20(27-3)21(16)28-4)22(26)23-11-12-25-15(2)24-18-9-6-7-10-19(18)25/h5-7,9-10,13-14H,1,8,11-12H2,2-4H3,(H,23,26). The SMILES string of the molecule is C=CCc1cc(C(=O)NCCn2c(C)nc3ccccc32)cc(OC)c1OC. The van der Waals surface area contributed by atoms with Gasteiger partial charge in [0.1, 0.15) is 5.82 Å². The third-order valence-electron chi connectivity index (χ3n) is 4.65. The summed E-state index contributed by atoms with van der Waals surface area (Å²) in [5.74, 6) is 1.92. The maximum atomic E-state index is 12.7. The molecule has 0 saturated carbocycles. The first-order valence-corrected chi connectivity index (χ1v) is 9.15. The van der Waals surface area contributed by atoms with Gasteiger partial charge in [-0.3, -0.25) is 4.79 Å². The molecule has 2 aromatic carbocycles. The van der Waals surface area contributed by atoms with E-state index in [1.165, 1.54) is 0 Å². The Labute approximate surface area is 164 Å². The van der Waals surface area contributed by atoms with Crippen LogP contribution in [0.3, 0.4) is 0 Å². The Hall–Kier alpha value is -3.28. The summed E-state index contributed by atoms with van der Waals surface area (Å²) in [5, 5.41) is 2.98. The minimum atomic E-state index is -0.159. The fraction of sp³-hybridized carbons (Fsp3) is 0.273. The summed E-state index contributed by atoms with van der Waals surface area (Å²) < 4.78 is 12.9. The van der Waals surface area contributed by atoms with Gasteiger partial charge in [-0.2, -0.15) is 0 Å². The van der Waals surface area contributed by atoms with Crippen LogP contribution in [-0.4, -0.2) is 36.2 Å². The Balaban J connectivity index is 1.75. The van der Waals surface area contributed by atoms with E-state index in [1.807, 2.05) is 37.3 Å². The van der Waals surface area contributed by atoms with Crippen LogP contribution in [0.15, 0.2) is 49.1 Å². The van der Waals surface area contributed by atoms with Gasteiger partial charge < -0.3 is 19.4 Å². The average molecular weight is 379 g/mol. The number of methoxy groups -OCH3 is 2. The highest BCUT2D eigenvalue weighted by Gasteiger charge is 2.16. The number of aryl methyl sites for hydroxylation is 1. The van der Waals surface area contributed by atoms with Crippen molar-refractivity contribution in [2.45, 2.75) is 19.9 Å². The van der Waals surface area contributed by atoms with Gasteiger partial charge in [0.25, 0.3) is 5.91 Å². The van der Waals surface area contributed by atoms with Crippen molar-refractivity contribution in [3.63, 3.8) is 0 Å². The van der Waals surface area contributed by atoms with Gasteiger partial charge in [-0.25, -0.2) is 4.98 Å². The number of hydrogen-bond donors (Lipinski definition) is 1. The molecule has 3 aromatic rings. The third-order valence-corrected chi connectivity index (χ3v) is 4.65. The van der Waals surface area contributed by atoms with Crippen molar-refractivity contribution in [2.24, 2.45) is 0 Å². The number of benzene rings is 2. The first kappa shape index (κ1) is 19.5. The third kappa shape index (κ3) is 3.86. The zero-order valence-electron chi connectivity index (χ0n) is 16.5. The van der Waals surface area contributed by atoms with Crippen molar-refractivity contribution < 1.29 is 14.3 Å². The molecule has 0 radical (unpaired) electrons. The molecule has 1 aromatic heterocycles. The van der Waals surface area contributed by atoms with Gasteiger partial charge >= 0.3 is 0 Å². The molecule has 1 heterocycles. The largest absolute Gasteiger partial charge is 0.493 e. The van der Waals surface area contributed by atoms with Crippen molar-refractivity contribution in [1.29, 1.82) is 0 Å². The molecule has 6 nitrogen and oxygen atoms in total. The van der Waals surface area contributed by atoms with Crippen molar-refractivity contribution in [3.05, 3.63) is 66.0 Å². The molecule has 0 unspecified atom stereocenters. The molecule has 0 fully saturated rings. The predicted octanol–water partition coefficient (Wildman–Crippen LogP) is 3.52. The number of allylic oxidation sites excluding steroid dienone is 1. The van der Waals surface area contributed by atoms with Crippen LogP contribution >= 0.6 is 0 Å². The smallest absolute Gasteiger partial charge is 0.251 e. The molecule has 0 aliphatic rings. The van der Waals surface area contributed by atoms with Crippen molar-refractivity contribution >= 4 is 16.9 Å². The summed E-state index contributed by atoms with van der Waals surface area (Å²) in [4.78, 5) is 17.2. The molecule has 3 rings (SSSR count). The second-order valence-electron chi connectivity index (χ2n) is 6.42. The highest BCUT2D eigenvalue weighted by atomic mass is 16.5. The Kier molecular flexibility index (Phi) is 5.99. The Morgan fingerprint density at radius 3 is 2.75 bits per heavy atom. The summed E-state index contributed by atoms with van der Waals surface area (Å²) in [6.45, 7) is 6.87. The topological polar surface area (TPSA) is 65.4 Å². The number of hydrogen-bond acceptors (Lipinski definition) is 4. The number of rotatable bonds is 8. The molecule has 0 bridgehead atoms. The molecular formula is C22H25N3O3. The van der Waals surface area contributed by atoms with Gasteiger partial charge in [-0.1, -0.05) is 18.2 Å². The quantitative estimate of drug-likeness (QED) is 0.608. The maximum Gasteiger partial charge on any atom is 0.251 e. The number of ether oxygens (including phenoxy) is 2. The van der Waals surface area contributed by atoms with E-state index in [0.29, 0.717) is 36.6 Å². The van der Waals surface area contributed by atoms with Gasteiger partial charge in [0.05, 0.1) is 25.3 Å². The van der Waals surface area contributed by atoms with Crippen molar-refractivity contribution in [2.75, 3.05) is 20.8 Å². The monoisotopic (exact) mass is 379 g/mol. The van der Waals surface area contributed by atoms with Crippen LogP contribution in [0.4, 0.5) is 0 Å². The Bertz CT molecular complexity index is 1010. The van der Waals surface area contributed by atoms with Crippen LogP contribution in [-0.2, 0) is 13.0 Å². The van der Waals surface area contributed by atoms with E-state index >= 15 is 0 Å². The highest BCUT2D eigenvalue weighted by molar-refractivity contribution is 5.95. The van der Waals surface area contributed by atoms with E-state index in [0.717, 1.165) is 22.4 Å². The molecule has 28 heavy (non-hydrogen) atoms. The maximum absolute atomic E-state index is 12.7. The first-order valence-electron chi connectivity index (χ1n) is 9.15. The molecule has 0 aliphatic heterocycles. The van der Waals surface area contributed by atoms with Crippen LogP contribution in [0, 0.1) is 6.92 Å². The summed E-state index contributed by atoms with van der Waals surface area (Å²) in [6.07, 6.45) is 2.35. The number of nitrogens with zero attached hydrogens (tertiary/aromatic N) is 2. The van der Waals surface area contributed by atoms with E-state index in [2.05, 4.69) is 21.4 Å². The minimum Gasteiger partial charge on any atom is -0.493 e. The summed E-state index contributed by atoms with van der Waals surface area (Å²) in [5.41, 5.74) is 3.41. The van der Waals surface area contributed by atoms with E-state index in [9.17, 15) is 4.79 Å². The molecule has 1 amide bonds. The molecule has 6 heteroatoms. The second-order valence-corrected chi connectivity index (χ2v) is 6.42. The van der Waals surface area contributed by atoms with E-state index < -0.39 is 0 Å². The zero-order valence-corrected chi connectivity index (χ0v) is 16.5. The van der Waals surface area contributed by atoms with Gasteiger partial charge in [-0.15, -0.1) is 6.58 Å². The van der Waals surface area contributed by atoms with Gasteiger partial charge in [-0.05, 0) is 37.6 Å². The minimum absolute atomic E-state index is 0.159. The lowest BCUT2D eigenvalue weighted by Gasteiger charge is -2.14. The first-order chi connectivity index (χ1) is 13.6. The molecular weight excluding hydrogens is 354 g/mol. The van der Waals surface area contributed by atoms with Gasteiger partial charge in [0, 0.05) is 24.2 Å². The van der Waals surface area contributed by atoms with Gasteiger partial charge in [0.15, 0.2) is 11.5 Å². The lowest BCUT2D eigenvalue weighted by Crippen LogP contribution is -2.27. The molecule has 0 atom stereocenters. The average Bonchev–Trinajstić information content (AvgIpc) is 3.02. The van der Waals surface area contributed by atoms with E-state index in [4.69, 9.17) is 9.47 Å². The fourth-order valence-corrected chi connectivity index (χ4v) is 3.34. The number of amides is 1. The van der Waals surface area contributed by atoms with Crippen LogP contribution in [0.1, 0.15) is 21.7 Å². The Morgan fingerprint density at radius 2 is 2.04 bits per heavy atom. The number of carbonyl (C=O) groups is 1. The van der Waals surface area contributed by atoms with Crippen LogP contribution in [0.5, 0.6) is 11.5 Å². The number of imidazole rings is 1. The molecule has 0 aliphatic carbocycles. The summed E-state index contributed by atoms with van der Waals surface area (Å²) >= 11 is 0. The summed E-state index contributed by atoms with van der Waals surface area (Å²) in [7, 11) is 3.14. The highest BCUT2D eigenvalue weighted by Crippen LogP contribution is 2.33. The van der Waals surface area contributed by atoms with Crippen molar-refractivity contribution in [3.8, 4) is 11.5 Å².